The highest BCUT2D eigenvalue weighted by molar-refractivity contribution is 7.38. The van der Waals surface area contributed by atoms with Crippen molar-refractivity contribution < 1.29 is 9.46 Å². The Bertz CT molecular complexity index is 195. The topological polar surface area (TPSA) is 37.3 Å². The van der Waals surface area contributed by atoms with Gasteiger partial charge in [-0.15, -0.1) is 0 Å². The van der Waals surface area contributed by atoms with Crippen LogP contribution in [0.1, 0.15) is 90.9 Å². The Hall–Kier alpha value is 0.190. The minimum atomic E-state index is -2.27. The van der Waals surface area contributed by atoms with Crippen LogP contribution in [0.4, 0.5) is 0 Å². The zero-order valence-electron chi connectivity index (χ0n) is 12.4. The van der Waals surface area contributed by atoms with Crippen molar-refractivity contribution in [3.8, 4) is 0 Å². The van der Waals surface area contributed by atoms with Crippen LogP contribution in [0, 0.1) is 0 Å². The van der Waals surface area contributed by atoms with E-state index in [1.54, 1.807) is 0 Å². The summed E-state index contributed by atoms with van der Waals surface area (Å²) >= 11 is 0. The van der Waals surface area contributed by atoms with E-state index in [9.17, 15) is 4.57 Å². The fourth-order valence-corrected chi connectivity index (χ4v) is 2.69. The first-order chi connectivity index (χ1) is 8.68. The lowest BCUT2D eigenvalue weighted by atomic mass is 10.0. The zero-order valence-corrected chi connectivity index (χ0v) is 13.4. The van der Waals surface area contributed by atoms with Gasteiger partial charge in [0, 0.05) is 5.66 Å². The van der Waals surface area contributed by atoms with E-state index in [-0.39, 0.29) is 5.66 Å². The van der Waals surface area contributed by atoms with Gasteiger partial charge in [-0.2, -0.15) is 0 Å². The average Bonchev–Trinajstić information content (AvgIpc) is 2.35. The number of hydrogen-bond acceptors (Lipinski definition) is 1. The molecule has 0 aromatic carbocycles. The van der Waals surface area contributed by atoms with Gasteiger partial charge in [0.25, 0.3) is 0 Å². The van der Waals surface area contributed by atoms with Gasteiger partial charge in [-0.05, 0) is 6.42 Å². The van der Waals surface area contributed by atoms with Crippen LogP contribution in [0.15, 0.2) is 0 Å². The van der Waals surface area contributed by atoms with Gasteiger partial charge in [0.15, 0.2) is 8.03 Å². The summed E-state index contributed by atoms with van der Waals surface area (Å²) in [4.78, 5) is 8.93. The molecule has 0 aliphatic carbocycles. The van der Waals surface area contributed by atoms with Crippen molar-refractivity contribution in [2.45, 2.75) is 96.6 Å². The highest BCUT2D eigenvalue weighted by atomic mass is 31.1. The van der Waals surface area contributed by atoms with Crippen LogP contribution in [0.25, 0.3) is 0 Å². The third kappa shape index (κ3) is 12.6. The summed E-state index contributed by atoms with van der Waals surface area (Å²) < 4.78 is 10.8. The molecule has 1 N–H and O–H groups in total. The molecule has 110 valence electrons. The lowest BCUT2D eigenvalue weighted by Crippen LogP contribution is -1.94. The SMILES string of the molecule is CCCCCCCCCCCCCC(C)[PH](=O)O. The first-order valence-corrected chi connectivity index (χ1v) is 9.34. The van der Waals surface area contributed by atoms with Gasteiger partial charge in [-0.25, -0.2) is 0 Å². The number of hydrogen-bond donors (Lipinski definition) is 1. The largest absolute Gasteiger partial charge is 0.346 e. The normalized spacial score (nSPS) is 14.6. The number of unbranched alkanes of at least 4 members (excludes halogenated alkanes) is 10. The van der Waals surface area contributed by atoms with Gasteiger partial charge < -0.3 is 4.89 Å². The van der Waals surface area contributed by atoms with E-state index >= 15 is 0 Å². The second kappa shape index (κ2) is 13.6. The van der Waals surface area contributed by atoms with E-state index < -0.39 is 8.03 Å². The van der Waals surface area contributed by atoms with Crippen molar-refractivity contribution in [1.82, 2.24) is 0 Å². The Morgan fingerprint density at radius 3 is 1.61 bits per heavy atom. The van der Waals surface area contributed by atoms with E-state index in [4.69, 9.17) is 4.89 Å². The van der Waals surface area contributed by atoms with Crippen LogP contribution in [0.3, 0.4) is 0 Å². The van der Waals surface area contributed by atoms with Crippen LogP contribution in [-0.4, -0.2) is 10.6 Å². The van der Waals surface area contributed by atoms with E-state index in [2.05, 4.69) is 6.92 Å². The van der Waals surface area contributed by atoms with E-state index in [0.29, 0.717) is 0 Å². The lowest BCUT2D eigenvalue weighted by molar-refractivity contribution is 0.481. The maximum absolute atomic E-state index is 10.8. The molecule has 0 rings (SSSR count). The fourth-order valence-electron chi connectivity index (χ4n) is 2.24. The van der Waals surface area contributed by atoms with Gasteiger partial charge in [-0.3, -0.25) is 4.57 Å². The number of rotatable bonds is 13. The van der Waals surface area contributed by atoms with Gasteiger partial charge in [0.05, 0.1) is 0 Å². The summed E-state index contributed by atoms with van der Waals surface area (Å²) in [6, 6.07) is 0. The van der Waals surface area contributed by atoms with E-state index in [0.717, 1.165) is 12.8 Å². The third-order valence-corrected chi connectivity index (χ3v) is 4.79. The second-order valence-corrected chi connectivity index (χ2v) is 7.23. The molecule has 0 heterocycles. The van der Waals surface area contributed by atoms with Crippen molar-refractivity contribution in [2.24, 2.45) is 0 Å². The molecule has 0 saturated carbocycles. The van der Waals surface area contributed by atoms with Gasteiger partial charge in [0.2, 0.25) is 0 Å². The molecule has 0 aromatic rings. The summed E-state index contributed by atoms with van der Waals surface area (Å²) in [6.07, 6.45) is 15.6. The summed E-state index contributed by atoms with van der Waals surface area (Å²) in [7, 11) is -2.27. The standard InChI is InChI=1S/C15H33O2P/c1-3-4-5-6-7-8-9-10-11-12-13-14-15(2)18(16)17/h15,18H,3-14H2,1-2H3,(H,16,17). The van der Waals surface area contributed by atoms with Crippen LogP contribution >= 0.6 is 8.03 Å². The van der Waals surface area contributed by atoms with Crippen LogP contribution in [0.2, 0.25) is 0 Å². The van der Waals surface area contributed by atoms with Crippen molar-refractivity contribution in [3.05, 3.63) is 0 Å². The molecule has 18 heavy (non-hydrogen) atoms. The van der Waals surface area contributed by atoms with Gasteiger partial charge in [-0.1, -0.05) is 84.5 Å². The highest BCUT2D eigenvalue weighted by Crippen LogP contribution is 2.26. The first kappa shape index (κ1) is 18.2. The maximum atomic E-state index is 10.8. The molecule has 0 radical (unpaired) electrons. The van der Waals surface area contributed by atoms with Crippen molar-refractivity contribution >= 4 is 8.03 Å². The summed E-state index contributed by atoms with van der Waals surface area (Å²) in [6.45, 7) is 4.14. The van der Waals surface area contributed by atoms with Gasteiger partial charge in [0.1, 0.15) is 0 Å². The Morgan fingerprint density at radius 2 is 1.22 bits per heavy atom. The predicted molar refractivity (Wildman–Crippen MR) is 81.8 cm³/mol. The van der Waals surface area contributed by atoms with Crippen molar-refractivity contribution in [3.63, 3.8) is 0 Å². The van der Waals surface area contributed by atoms with Crippen LogP contribution in [0.5, 0.6) is 0 Å². The molecule has 2 atom stereocenters. The van der Waals surface area contributed by atoms with Crippen molar-refractivity contribution in [1.29, 1.82) is 0 Å². The molecule has 2 nitrogen and oxygen atoms in total. The highest BCUT2D eigenvalue weighted by Gasteiger charge is 2.06. The van der Waals surface area contributed by atoms with E-state index in [1.165, 1.54) is 64.2 Å². The first-order valence-electron chi connectivity index (χ1n) is 7.91. The summed E-state index contributed by atoms with van der Waals surface area (Å²) in [5.74, 6) is 0. The van der Waals surface area contributed by atoms with E-state index in [1.807, 2.05) is 6.92 Å². The molecular weight excluding hydrogens is 243 g/mol. The monoisotopic (exact) mass is 276 g/mol. The van der Waals surface area contributed by atoms with Crippen LogP contribution in [-0.2, 0) is 4.57 Å². The minimum absolute atomic E-state index is 0.0218. The lowest BCUT2D eigenvalue weighted by Gasteiger charge is -2.06. The maximum Gasteiger partial charge on any atom is 0.191 e. The molecule has 0 saturated heterocycles. The second-order valence-electron chi connectivity index (χ2n) is 5.56. The summed E-state index contributed by atoms with van der Waals surface area (Å²) in [5.41, 5.74) is 0.0218. The average molecular weight is 276 g/mol. The molecule has 0 amide bonds. The molecule has 2 unspecified atom stereocenters. The van der Waals surface area contributed by atoms with Crippen LogP contribution < -0.4 is 0 Å². The molecular formula is C15H33O2P. The molecule has 0 aliphatic heterocycles. The Labute approximate surface area is 114 Å². The molecule has 0 aromatic heterocycles. The predicted octanol–water partition coefficient (Wildman–Crippen LogP) is 5.54. The Balaban J connectivity index is 3.05. The molecule has 0 bridgehead atoms. The Kier molecular flexibility index (Phi) is 13.8. The zero-order chi connectivity index (χ0) is 13.6. The van der Waals surface area contributed by atoms with Gasteiger partial charge >= 0.3 is 0 Å². The Morgan fingerprint density at radius 1 is 0.833 bits per heavy atom. The molecule has 0 spiro atoms. The quantitative estimate of drug-likeness (QED) is 0.354. The third-order valence-electron chi connectivity index (χ3n) is 3.66. The summed E-state index contributed by atoms with van der Waals surface area (Å²) in [5, 5.41) is 0. The smallest absolute Gasteiger partial charge is 0.191 e. The fraction of sp³-hybridized carbons (Fsp3) is 1.00. The molecule has 0 aliphatic rings. The minimum Gasteiger partial charge on any atom is -0.346 e. The molecule has 0 fully saturated rings. The van der Waals surface area contributed by atoms with Crippen molar-refractivity contribution in [2.75, 3.05) is 0 Å². The molecule has 3 heteroatoms.